The van der Waals surface area contributed by atoms with Crippen LogP contribution in [0.4, 0.5) is 11.4 Å². The number of rotatable bonds is 6. The first-order valence-corrected chi connectivity index (χ1v) is 6.55. The van der Waals surface area contributed by atoms with Crippen molar-refractivity contribution in [1.29, 1.82) is 0 Å². The summed E-state index contributed by atoms with van der Waals surface area (Å²) in [6.45, 7) is 2.49. The minimum atomic E-state index is -0.461. The SMILES string of the molecule is CCOC(=O)CCNc1ccc([N+](=O)[O-])c2ncccc12. The number of carbonyl (C=O) groups is 1. The molecule has 7 nitrogen and oxygen atoms in total. The molecule has 7 heteroatoms. The molecule has 0 aliphatic carbocycles. The van der Waals surface area contributed by atoms with Crippen LogP contribution in [0, 0.1) is 10.1 Å². The maximum absolute atomic E-state index is 11.3. The molecule has 0 unspecified atom stereocenters. The molecular weight excluding hydrogens is 274 g/mol. The third-order valence-corrected chi connectivity index (χ3v) is 2.89. The molecule has 2 aromatic rings. The van der Waals surface area contributed by atoms with Crippen LogP contribution >= 0.6 is 0 Å². The van der Waals surface area contributed by atoms with E-state index in [0.29, 0.717) is 29.7 Å². The molecule has 0 fully saturated rings. The van der Waals surface area contributed by atoms with Crippen molar-refractivity contribution in [3.05, 3.63) is 40.6 Å². The Morgan fingerprint density at radius 1 is 1.43 bits per heavy atom. The normalized spacial score (nSPS) is 10.3. The molecule has 0 saturated carbocycles. The average Bonchev–Trinajstić information content (AvgIpc) is 2.47. The van der Waals surface area contributed by atoms with Crippen LogP contribution in [0.2, 0.25) is 0 Å². The van der Waals surface area contributed by atoms with Crippen LogP contribution in [0.25, 0.3) is 10.9 Å². The van der Waals surface area contributed by atoms with Crippen molar-refractivity contribution in [3.8, 4) is 0 Å². The van der Waals surface area contributed by atoms with E-state index in [9.17, 15) is 14.9 Å². The predicted octanol–water partition coefficient (Wildman–Crippen LogP) is 2.51. The molecule has 0 aliphatic rings. The Hall–Kier alpha value is -2.70. The number of non-ortho nitro benzene ring substituents is 1. The lowest BCUT2D eigenvalue weighted by Gasteiger charge is -2.09. The van der Waals surface area contributed by atoms with Crippen LogP contribution in [0.5, 0.6) is 0 Å². The summed E-state index contributed by atoms with van der Waals surface area (Å²) in [5.41, 5.74) is 0.984. The van der Waals surface area contributed by atoms with E-state index in [-0.39, 0.29) is 18.1 Å². The van der Waals surface area contributed by atoms with E-state index in [4.69, 9.17) is 4.74 Å². The second kappa shape index (κ2) is 6.65. The summed E-state index contributed by atoms with van der Waals surface area (Å²) in [6, 6.07) is 6.49. The van der Waals surface area contributed by atoms with Gasteiger partial charge in [-0.05, 0) is 25.1 Å². The number of nitrogens with one attached hydrogen (secondary N) is 1. The minimum Gasteiger partial charge on any atom is -0.466 e. The Morgan fingerprint density at radius 2 is 2.24 bits per heavy atom. The van der Waals surface area contributed by atoms with E-state index in [1.807, 2.05) is 0 Å². The van der Waals surface area contributed by atoms with Gasteiger partial charge in [0.15, 0.2) is 0 Å². The molecule has 0 spiro atoms. The van der Waals surface area contributed by atoms with Gasteiger partial charge in [-0.1, -0.05) is 0 Å². The summed E-state index contributed by atoms with van der Waals surface area (Å²) in [4.78, 5) is 25.9. The fraction of sp³-hybridized carbons (Fsp3) is 0.286. The maximum atomic E-state index is 11.3. The molecule has 1 aromatic carbocycles. The molecule has 1 heterocycles. The fourth-order valence-corrected chi connectivity index (χ4v) is 1.99. The number of aromatic nitrogens is 1. The molecule has 21 heavy (non-hydrogen) atoms. The lowest BCUT2D eigenvalue weighted by Crippen LogP contribution is -2.11. The first-order valence-electron chi connectivity index (χ1n) is 6.55. The Bertz CT molecular complexity index is 672. The van der Waals surface area contributed by atoms with E-state index in [2.05, 4.69) is 10.3 Å². The van der Waals surface area contributed by atoms with Crippen LogP contribution in [-0.4, -0.2) is 29.0 Å². The zero-order valence-corrected chi connectivity index (χ0v) is 11.5. The van der Waals surface area contributed by atoms with Crippen molar-refractivity contribution < 1.29 is 14.5 Å². The molecule has 0 amide bonds. The third-order valence-electron chi connectivity index (χ3n) is 2.89. The highest BCUT2D eigenvalue weighted by molar-refractivity contribution is 5.96. The van der Waals surface area contributed by atoms with Crippen molar-refractivity contribution in [2.75, 3.05) is 18.5 Å². The fourth-order valence-electron chi connectivity index (χ4n) is 1.99. The second-order valence-electron chi connectivity index (χ2n) is 4.27. The van der Waals surface area contributed by atoms with Gasteiger partial charge in [0.05, 0.1) is 18.0 Å². The Balaban J connectivity index is 2.20. The first-order chi connectivity index (χ1) is 10.1. The summed E-state index contributed by atoms with van der Waals surface area (Å²) < 4.78 is 4.84. The standard InChI is InChI=1S/C14H15N3O4/c1-2-21-13(18)7-9-15-11-5-6-12(17(19)20)14-10(11)4-3-8-16-14/h3-6,8,15H,2,7,9H2,1H3. The first kappa shape index (κ1) is 14.7. The molecule has 0 aliphatic heterocycles. The summed E-state index contributed by atoms with van der Waals surface area (Å²) >= 11 is 0. The number of nitro benzene ring substituents is 1. The number of benzene rings is 1. The van der Waals surface area contributed by atoms with E-state index >= 15 is 0 Å². The average molecular weight is 289 g/mol. The maximum Gasteiger partial charge on any atom is 0.307 e. The molecule has 0 radical (unpaired) electrons. The number of nitrogens with zero attached hydrogens (tertiary/aromatic N) is 2. The van der Waals surface area contributed by atoms with Crippen LogP contribution in [-0.2, 0) is 9.53 Å². The predicted molar refractivity (Wildman–Crippen MR) is 78.1 cm³/mol. The molecule has 0 atom stereocenters. The lowest BCUT2D eigenvalue weighted by atomic mass is 10.1. The minimum absolute atomic E-state index is 0.0402. The Labute approximate surface area is 121 Å². The van der Waals surface area contributed by atoms with Gasteiger partial charge in [0.25, 0.3) is 5.69 Å². The number of carbonyl (C=O) groups excluding carboxylic acids is 1. The van der Waals surface area contributed by atoms with Crippen molar-refractivity contribution in [2.24, 2.45) is 0 Å². The van der Waals surface area contributed by atoms with Crippen LogP contribution in [0.3, 0.4) is 0 Å². The molecule has 1 aromatic heterocycles. The highest BCUT2D eigenvalue weighted by Crippen LogP contribution is 2.29. The van der Waals surface area contributed by atoms with Crippen LogP contribution in [0.1, 0.15) is 13.3 Å². The van der Waals surface area contributed by atoms with Crippen molar-refractivity contribution >= 4 is 28.2 Å². The van der Waals surface area contributed by atoms with E-state index in [1.165, 1.54) is 12.3 Å². The van der Waals surface area contributed by atoms with Crippen LogP contribution < -0.4 is 5.32 Å². The van der Waals surface area contributed by atoms with Gasteiger partial charge >= 0.3 is 5.97 Å². The third kappa shape index (κ3) is 3.44. The molecule has 0 bridgehead atoms. The van der Waals surface area contributed by atoms with Crippen molar-refractivity contribution in [1.82, 2.24) is 4.98 Å². The molecule has 1 N–H and O–H groups in total. The second-order valence-corrected chi connectivity index (χ2v) is 4.27. The molecule has 2 rings (SSSR count). The van der Waals surface area contributed by atoms with Crippen molar-refractivity contribution in [2.45, 2.75) is 13.3 Å². The monoisotopic (exact) mass is 289 g/mol. The highest BCUT2D eigenvalue weighted by atomic mass is 16.6. The van der Waals surface area contributed by atoms with Crippen LogP contribution in [0.15, 0.2) is 30.5 Å². The number of hydrogen-bond acceptors (Lipinski definition) is 6. The Morgan fingerprint density at radius 3 is 2.95 bits per heavy atom. The van der Waals surface area contributed by atoms with Gasteiger partial charge in [0.1, 0.15) is 5.52 Å². The lowest BCUT2D eigenvalue weighted by molar-refractivity contribution is -0.383. The van der Waals surface area contributed by atoms with Gasteiger partial charge in [0, 0.05) is 29.9 Å². The summed E-state index contributed by atoms with van der Waals surface area (Å²) in [5.74, 6) is -0.283. The van der Waals surface area contributed by atoms with E-state index in [0.717, 1.165) is 0 Å². The summed E-state index contributed by atoms with van der Waals surface area (Å²) in [6.07, 6.45) is 1.74. The van der Waals surface area contributed by atoms with E-state index < -0.39 is 4.92 Å². The number of ether oxygens (including phenoxy) is 1. The van der Waals surface area contributed by atoms with Gasteiger partial charge in [-0.25, -0.2) is 4.98 Å². The van der Waals surface area contributed by atoms with Gasteiger partial charge in [-0.15, -0.1) is 0 Å². The summed E-state index contributed by atoms with van der Waals surface area (Å²) in [7, 11) is 0. The highest BCUT2D eigenvalue weighted by Gasteiger charge is 2.15. The number of esters is 1. The van der Waals surface area contributed by atoms with E-state index in [1.54, 1.807) is 25.1 Å². The van der Waals surface area contributed by atoms with Gasteiger partial charge < -0.3 is 10.1 Å². The largest absolute Gasteiger partial charge is 0.466 e. The van der Waals surface area contributed by atoms with Crippen molar-refractivity contribution in [3.63, 3.8) is 0 Å². The number of anilines is 1. The summed E-state index contributed by atoms with van der Waals surface area (Å²) in [5, 5.41) is 14.7. The number of fused-ring (bicyclic) bond motifs is 1. The molecule has 110 valence electrons. The number of hydrogen-bond donors (Lipinski definition) is 1. The molecule has 0 saturated heterocycles. The van der Waals surface area contributed by atoms with Gasteiger partial charge in [-0.3, -0.25) is 14.9 Å². The zero-order valence-electron chi connectivity index (χ0n) is 11.5. The quantitative estimate of drug-likeness (QED) is 0.499. The number of nitro groups is 1. The van der Waals surface area contributed by atoms with Gasteiger partial charge in [-0.2, -0.15) is 0 Å². The Kier molecular flexibility index (Phi) is 4.65. The molecular formula is C14H15N3O4. The smallest absolute Gasteiger partial charge is 0.307 e. The number of pyridine rings is 1. The zero-order chi connectivity index (χ0) is 15.2. The topological polar surface area (TPSA) is 94.4 Å². The van der Waals surface area contributed by atoms with Gasteiger partial charge in [0.2, 0.25) is 0 Å².